The number of benzene rings is 1. The molecular weight excluding hydrogens is 626 g/mol. The highest BCUT2D eigenvalue weighted by atomic mass is 35.5. The van der Waals surface area contributed by atoms with Gasteiger partial charge in [-0.05, 0) is 31.5 Å². The van der Waals surface area contributed by atoms with Gasteiger partial charge in [-0.25, -0.2) is 4.98 Å². The summed E-state index contributed by atoms with van der Waals surface area (Å²) in [5.41, 5.74) is 0.461. The van der Waals surface area contributed by atoms with Gasteiger partial charge >= 0.3 is 0 Å². The van der Waals surface area contributed by atoms with Crippen molar-refractivity contribution < 1.29 is 47.6 Å². The molecule has 0 radical (unpaired) electrons. The van der Waals surface area contributed by atoms with Gasteiger partial charge in [-0.3, -0.25) is 15.0 Å². The summed E-state index contributed by atoms with van der Waals surface area (Å²) in [6, 6.07) is 6.32. The van der Waals surface area contributed by atoms with Crippen molar-refractivity contribution >= 4 is 17.3 Å². The zero-order valence-corrected chi connectivity index (χ0v) is 27.6. The normalized spacial score (nSPS) is 15.3. The first-order valence-corrected chi connectivity index (χ1v) is 15.7. The second kappa shape index (κ2) is 21.9. The van der Waals surface area contributed by atoms with Crippen molar-refractivity contribution in [2.45, 2.75) is 25.4 Å². The van der Waals surface area contributed by atoms with Gasteiger partial charge in [0.1, 0.15) is 30.7 Å². The topological polar surface area (TPSA) is 142 Å². The van der Waals surface area contributed by atoms with Crippen molar-refractivity contribution in [1.82, 2.24) is 9.88 Å². The summed E-state index contributed by atoms with van der Waals surface area (Å²) in [7, 11) is 3.23. The van der Waals surface area contributed by atoms with Gasteiger partial charge in [-0.1, -0.05) is 11.6 Å². The quantitative estimate of drug-likeness (QED) is 0.0617. The highest BCUT2D eigenvalue weighted by Crippen LogP contribution is 2.41. The van der Waals surface area contributed by atoms with E-state index in [0.29, 0.717) is 88.3 Å². The minimum atomic E-state index is -0.395. The smallest absolute Gasteiger partial charge is 0.278 e. The minimum absolute atomic E-state index is 0.0553. The molecule has 46 heavy (non-hydrogen) atoms. The number of halogens is 1. The number of likely N-dealkylation sites (tertiary alicyclic amines) is 1. The number of nitro groups is 1. The van der Waals surface area contributed by atoms with Crippen LogP contribution in [0.15, 0.2) is 30.5 Å². The molecule has 1 aliphatic heterocycles. The molecule has 2 atom stereocenters. The van der Waals surface area contributed by atoms with Gasteiger partial charge in [-0.2, -0.15) is 0 Å². The molecular formula is C31H46ClN3O11. The van der Waals surface area contributed by atoms with Crippen molar-refractivity contribution in [3.8, 4) is 17.2 Å². The van der Waals surface area contributed by atoms with Gasteiger partial charge in [0.05, 0.1) is 88.8 Å². The molecule has 0 amide bonds. The summed E-state index contributed by atoms with van der Waals surface area (Å²) in [4.78, 5) is 18.1. The third-order valence-electron chi connectivity index (χ3n) is 7.15. The first-order chi connectivity index (χ1) is 22.4. The molecule has 0 aliphatic carbocycles. The molecule has 1 aliphatic rings. The second-order valence-electron chi connectivity index (χ2n) is 10.2. The van der Waals surface area contributed by atoms with Crippen molar-refractivity contribution in [1.29, 1.82) is 0 Å². The third kappa shape index (κ3) is 13.1. The molecule has 1 fully saturated rings. The monoisotopic (exact) mass is 671 g/mol. The molecule has 15 heteroatoms. The highest BCUT2D eigenvalue weighted by molar-refractivity contribution is 6.29. The molecule has 258 valence electrons. The van der Waals surface area contributed by atoms with E-state index in [1.54, 1.807) is 38.6 Å². The van der Waals surface area contributed by atoms with Crippen LogP contribution in [0.1, 0.15) is 24.9 Å². The van der Waals surface area contributed by atoms with E-state index in [2.05, 4.69) is 9.88 Å². The van der Waals surface area contributed by atoms with Gasteiger partial charge < -0.3 is 42.6 Å². The van der Waals surface area contributed by atoms with Crippen molar-refractivity contribution in [3.05, 3.63) is 51.3 Å². The van der Waals surface area contributed by atoms with Gasteiger partial charge in [0.15, 0.2) is 11.5 Å². The molecule has 0 bridgehead atoms. The van der Waals surface area contributed by atoms with Crippen molar-refractivity contribution in [2.24, 2.45) is 0 Å². The third-order valence-corrected chi connectivity index (χ3v) is 7.37. The molecule has 2 heterocycles. The van der Waals surface area contributed by atoms with E-state index in [0.717, 1.165) is 13.0 Å². The summed E-state index contributed by atoms with van der Waals surface area (Å²) in [5.74, 6) is 1.25. The Balaban J connectivity index is 1.63. The largest absolute Gasteiger partial charge is 0.490 e. The summed E-state index contributed by atoms with van der Waals surface area (Å²) in [6.07, 6.45) is 2.47. The number of nitrogens with zero attached hydrogens (tertiary/aromatic N) is 3. The van der Waals surface area contributed by atoms with Gasteiger partial charge in [0.2, 0.25) is 0 Å². The van der Waals surface area contributed by atoms with Crippen LogP contribution in [0.4, 0.5) is 5.69 Å². The number of hydrogen-bond donors (Lipinski definition) is 0. The standard InChI is InChI=1S/C31H46ClN3O11/c1-24(34-7-6-25(34)23-46-26-4-5-31(32)33-22-26)27-20-29(44-18-16-42-14-12-40-10-8-38-2)30(21-28(27)35(36)37)45-19-17-43-15-13-41-11-9-39-3/h4-5,20-22,24-25H,6-19,23H2,1-3H3/t24?,25-/m1/s1. The van der Waals surface area contributed by atoms with Crippen LogP contribution < -0.4 is 14.2 Å². The van der Waals surface area contributed by atoms with Crippen molar-refractivity contribution in [2.75, 3.05) is 107 Å². The first-order valence-electron chi connectivity index (χ1n) is 15.3. The Morgan fingerprint density at radius 2 is 1.39 bits per heavy atom. The van der Waals surface area contributed by atoms with Gasteiger partial charge in [0, 0.05) is 32.8 Å². The molecule has 14 nitrogen and oxygen atoms in total. The van der Waals surface area contributed by atoms with E-state index in [1.807, 2.05) is 6.92 Å². The molecule has 3 rings (SSSR count). The lowest BCUT2D eigenvalue weighted by Crippen LogP contribution is -2.51. The Morgan fingerprint density at radius 3 is 1.87 bits per heavy atom. The predicted molar refractivity (Wildman–Crippen MR) is 169 cm³/mol. The van der Waals surface area contributed by atoms with Crippen LogP contribution in [0.2, 0.25) is 5.15 Å². The fourth-order valence-electron chi connectivity index (χ4n) is 4.60. The molecule has 0 N–H and O–H groups in total. The maximum absolute atomic E-state index is 12.2. The lowest BCUT2D eigenvalue weighted by Gasteiger charge is -2.44. The second-order valence-corrected chi connectivity index (χ2v) is 10.6. The summed E-state index contributed by atoms with van der Waals surface area (Å²) < 4.78 is 49.7. The first kappa shape index (κ1) is 37.6. The van der Waals surface area contributed by atoms with Gasteiger partial charge in [0.25, 0.3) is 5.69 Å². The Labute approximate surface area is 275 Å². The molecule has 0 spiro atoms. The van der Waals surface area contributed by atoms with Crippen LogP contribution in [0.3, 0.4) is 0 Å². The number of pyridine rings is 1. The maximum atomic E-state index is 12.2. The average Bonchev–Trinajstić information content (AvgIpc) is 3.03. The number of aromatic nitrogens is 1. The number of rotatable bonds is 26. The SMILES string of the molecule is COCCOCCOCCOc1cc(C(C)N2CC[C@@H]2COc2ccc(Cl)nc2)c([N+](=O)[O-])cc1OCCOCCOCCOC. The summed E-state index contributed by atoms with van der Waals surface area (Å²) >= 11 is 5.87. The minimum Gasteiger partial charge on any atom is -0.490 e. The molecule has 1 aromatic heterocycles. The number of hydrogen-bond acceptors (Lipinski definition) is 13. The lowest BCUT2D eigenvalue weighted by atomic mass is 9.95. The van der Waals surface area contributed by atoms with E-state index in [-0.39, 0.29) is 43.3 Å². The Morgan fingerprint density at radius 1 is 0.848 bits per heavy atom. The van der Waals surface area contributed by atoms with Crippen LogP contribution in [0, 0.1) is 10.1 Å². The van der Waals surface area contributed by atoms with E-state index >= 15 is 0 Å². The van der Waals surface area contributed by atoms with E-state index in [9.17, 15) is 10.1 Å². The van der Waals surface area contributed by atoms with E-state index in [4.69, 9.17) is 54.2 Å². The molecule has 2 aromatic rings. The van der Waals surface area contributed by atoms with Gasteiger partial charge in [-0.15, -0.1) is 0 Å². The Bertz CT molecular complexity index is 1150. The molecule has 1 aromatic carbocycles. The molecule has 1 unspecified atom stereocenters. The van der Waals surface area contributed by atoms with Crippen LogP contribution >= 0.6 is 11.6 Å². The summed E-state index contributed by atoms with van der Waals surface area (Å²) in [6.45, 7) is 7.72. The number of nitro benzene ring substituents is 1. The van der Waals surface area contributed by atoms with Crippen molar-refractivity contribution in [3.63, 3.8) is 0 Å². The van der Waals surface area contributed by atoms with Crippen LogP contribution in [-0.4, -0.2) is 128 Å². The van der Waals surface area contributed by atoms with Crippen LogP contribution in [0.5, 0.6) is 17.2 Å². The highest BCUT2D eigenvalue weighted by Gasteiger charge is 2.36. The maximum Gasteiger partial charge on any atom is 0.278 e. The van der Waals surface area contributed by atoms with Crippen LogP contribution in [0.25, 0.3) is 0 Å². The lowest BCUT2D eigenvalue weighted by molar-refractivity contribution is -0.386. The number of methoxy groups -OCH3 is 2. The molecule has 0 saturated carbocycles. The molecule has 1 saturated heterocycles. The van der Waals surface area contributed by atoms with E-state index in [1.165, 1.54) is 6.07 Å². The fourth-order valence-corrected chi connectivity index (χ4v) is 4.71. The summed E-state index contributed by atoms with van der Waals surface area (Å²) in [5, 5.41) is 12.6. The zero-order valence-electron chi connectivity index (χ0n) is 26.9. The zero-order chi connectivity index (χ0) is 33.0. The average molecular weight is 672 g/mol. The Kier molecular flexibility index (Phi) is 17.9. The Hall–Kier alpha value is -2.82. The predicted octanol–water partition coefficient (Wildman–Crippen LogP) is 3.97. The van der Waals surface area contributed by atoms with E-state index < -0.39 is 4.92 Å². The van der Waals surface area contributed by atoms with Crippen LogP contribution in [-0.2, 0) is 28.4 Å². The fraction of sp³-hybridized carbons (Fsp3) is 0.645. The number of ether oxygens (including phenoxy) is 9.